The lowest BCUT2D eigenvalue weighted by atomic mass is 10.2. The van der Waals surface area contributed by atoms with Crippen molar-refractivity contribution in [1.29, 1.82) is 0 Å². The lowest BCUT2D eigenvalue weighted by Gasteiger charge is -2.04. The number of nitrogens with one attached hydrogen (secondary N) is 2. The van der Waals surface area contributed by atoms with Crippen molar-refractivity contribution in [2.75, 3.05) is 10.6 Å². The second kappa shape index (κ2) is 7.88. The largest absolute Gasteiger partial charge is 0.326 e. The number of halogens is 1. The van der Waals surface area contributed by atoms with Gasteiger partial charge in [-0.2, -0.15) is 0 Å². The third-order valence-corrected chi connectivity index (χ3v) is 4.39. The van der Waals surface area contributed by atoms with E-state index in [1.54, 1.807) is 18.2 Å². The Hall–Kier alpha value is -3.06. The molecule has 0 saturated heterocycles. The molecule has 0 unspecified atom stereocenters. The summed E-state index contributed by atoms with van der Waals surface area (Å²) >= 11 is 1.43. The minimum absolute atomic E-state index is 0.108. The molecule has 0 spiro atoms. The zero-order valence-corrected chi connectivity index (χ0v) is 14.8. The lowest BCUT2D eigenvalue weighted by molar-refractivity contribution is -0.116. The fourth-order valence-electron chi connectivity index (χ4n) is 2.36. The van der Waals surface area contributed by atoms with Crippen LogP contribution < -0.4 is 10.6 Å². The number of carbonyl (C=O) groups excluding carboxylic acids is 2. The summed E-state index contributed by atoms with van der Waals surface area (Å²) in [4.78, 5) is 27.6. The van der Waals surface area contributed by atoms with Gasteiger partial charge in [0, 0.05) is 29.2 Å². The van der Waals surface area contributed by atoms with Gasteiger partial charge in [-0.15, -0.1) is 11.3 Å². The quantitative estimate of drug-likeness (QED) is 0.712. The number of hydrogen-bond donors (Lipinski definition) is 2. The van der Waals surface area contributed by atoms with Gasteiger partial charge < -0.3 is 10.6 Å². The highest BCUT2D eigenvalue weighted by Gasteiger charge is 2.10. The van der Waals surface area contributed by atoms with Gasteiger partial charge in [-0.1, -0.05) is 6.07 Å². The number of thiazole rings is 1. The predicted molar refractivity (Wildman–Crippen MR) is 101 cm³/mol. The van der Waals surface area contributed by atoms with Crippen LogP contribution in [-0.4, -0.2) is 16.8 Å². The van der Waals surface area contributed by atoms with Crippen LogP contribution in [0.4, 0.5) is 15.8 Å². The number of nitrogens with zero attached hydrogens (tertiary/aromatic N) is 1. The lowest BCUT2D eigenvalue weighted by Crippen LogP contribution is -2.14. The summed E-state index contributed by atoms with van der Waals surface area (Å²) in [6.07, 6.45) is 0.108. The molecule has 5 nitrogen and oxygen atoms in total. The topological polar surface area (TPSA) is 71.1 Å². The molecule has 1 aromatic heterocycles. The number of anilines is 2. The molecule has 3 aromatic rings. The Labute approximate surface area is 153 Å². The summed E-state index contributed by atoms with van der Waals surface area (Å²) in [5.74, 6) is -0.784. The van der Waals surface area contributed by atoms with Gasteiger partial charge in [0.2, 0.25) is 11.8 Å². The van der Waals surface area contributed by atoms with E-state index in [9.17, 15) is 14.0 Å². The fraction of sp³-hybridized carbons (Fsp3) is 0.105. The zero-order chi connectivity index (χ0) is 18.5. The highest BCUT2D eigenvalue weighted by atomic mass is 32.1. The fourth-order valence-corrected chi connectivity index (χ4v) is 3.18. The standard InChI is InChI=1S/C19H16FN3O2S/c1-12(24)21-15-7-5-13(6-8-15)19-23-17(11-26-19)10-18(25)22-16-4-2-3-14(20)9-16/h2-9,11H,10H2,1H3,(H,21,24)(H,22,25). The molecule has 132 valence electrons. The number of aromatic nitrogens is 1. The van der Waals surface area contributed by atoms with Gasteiger partial charge in [0.15, 0.2) is 0 Å². The first-order valence-corrected chi connectivity index (χ1v) is 8.75. The van der Waals surface area contributed by atoms with Gasteiger partial charge in [-0.3, -0.25) is 9.59 Å². The van der Waals surface area contributed by atoms with E-state index in [4.69, 9.17) is 0 Å². The molecule has 1 heterocycles. The van der Waals surface area contributed by atoms with Crippen LogP contribution in [0.1, 0.15) is 12.6 Å². The highest BCUT2D eigenvalue weighted by Crippen LogP contribution is 2.25. The van der Waals surface area contributed by atoms with Crippen molar-refractivity contribution in [1.82, 2.24) is 4.98 Å². The van der Waals surface area contributed by atoms with Crippen molar-refractivity contribution in [2.45, 2.75) is 13.3 Å². The molecule has 0 bridgehead atoms. The molecule has 0 radical (unpaired) electrons. The maximum atomic E-state index is 13.1. The summed E-state index contributed by atoms with van der Waals surface area (Å²) in [7, 11) is 0. The summed E-state index contributed by atoms with van der Waals surface area (Å²) in [6, 6.07) is 13.1. The van der Waals surface area contributed by atoms with Crippen molar-refractivity contribution >= 4 is 34.5 Å². The minimum Gasteiger partial charge on any atom is -0.326 e. The molecule has 0 atom stereocenters. The summed E-state index contributed by atoms with van der Waals surface area (Å²) in [5.41, 5.74) is 2.68. The average molecular weight is 369 g/mol. The van der Waals surface area contributed by atoms with E-state index in [0.29, 0.717) is 17.1 Å². The van der Waals surface area contributed by atoms with Gasteiger partial charge in [0.1, 0.15) is 10.8 Å². The van der Waals surface area contributed by atoms with Crippen LogP contribution >= 0.6 is 11.3 Å². The highest BCUT2D eigenvalue weighted by molar-refractivity contribution is 7.13. The Balaban J connectivity index is 1.64. The molecule has 0 aliphatic carbocycles. The minimum atomic E-state index is -0.401. The van der Waals surface area contributed by atoms with E-state index in [1.165, 1.54) is 36.5 Å². The first-order valence-electron chi connectivity index (χ1n) is 7.87. The maximum absolute atomic E-state index is 13.1. The van der Waals surface area contributed by atoms with Gasteiger partial charge in [-0.05, 0) is 42.5 Å². The Bertz CT molecular complexity index is 938. The van der Waals surface area contributed by atoms with Crippen molar-refractivity contribution in [3.05, 3.63) is 65.4 Å². The molecular weight excluding hydrogens is 353 g/mol. The van der Waals surface area contributed by atoms with Crippen LogP contribution in [0.5, 0.6) is 0 Å². The van der Waals surface area contributed by atoms with Gasteiger partial charge in [-0.25, -0.2) is 9.37 Å². The third-order valence-electron chi connectivity index (χ3n) is 3.45. The van der Waals surface area contributed by atoms with E-state index in [-0.39, 0.29) is 18.2 Å². The summed E-state index contributed by atoms with van der Waals surface area (Å²) in [5, 5.41) is 7.96. The monoisotopic (exact) mass is 369 g/mol. The molecule has 7 heteroatoms. The van der Waals surface area contributed by atoms with E-state index >= 15 is 0 Å². The van der Waals surface area contributed by atoms with Crippen LogP contribution in [0.15, 0.2) is 53.9 Å². The zero-order valence-electron chi connectivity index (χ0n) is 14.0. The van der Waals surface area contributed by atoms with Gasteiger partial charge >= 0.3 is 0 Å². The van der Waals surface area contributed by atoms with E-state index in [0.717, 1.165) is 10.6 Å². The Morgan fingerprint density at radius 3 is 2.54 bits per heavy atom. The van der Waals surface area contributed by atoms with Crippen LogP contribution in [0.3, 0.4) is 0 Å². The second-order valence-corrected chi connectivity index (χ2v) is 6.50. The number of hydrogen-bond acceptors (Lipinski definition) is 4. The van der Waals surface area contributed by atoms with Crippen LogP contribution in [0.2, 0.25) is 0 Å². The number of carbonyl (C=O) groups is 2. The number of benzene rings is 2. The van der Waals surface area contributed by atoms with Crippen LogP contribution in [-0.2, 0) is 16.0 Å². The molecule has 2 amide bonds. The van der Waals surface area contributed by atoms with Crippen molar-refractivity contribution in [3.8, 4) is 10.6 Å². The first kappa shape index (κ1) is 17.8. The third kappa shape index (κ3) is 4.73. The van der Waals surface area contributed by atoms with Crippen molar-refractivity contribution in [3.63, 3.8) is 0 Å². The summed E-state index contributed by atoms with van der Waals surface area (Å²) < 4.78 is 13.1. The smallest absolute Gasteiger partial charge is 0.230 e. The average Bonchev–Trinajstić information content (AvgIpc) is 3.03. The molecule has 0 fully saturated rings. The Kier molecular flexibility index (Phi) is 5.38. The number of amides is 2. The molecule has 0 saturated carbocycles. The molecular formula is C19H16FN3O2S. The van der Waals surface area contributed by atoms with Crippen LogP contribution in [0.25, 0.3) is 10.6 Å². The second-order valence-electron chi connectivity index (χ2n) is 5.64. The normalized spacial score (nSPS) is 10.4. The van der Waals surface area contributed by atoms with E-state index in [2.05, 4.69) is 15.6 Å². The van der Waals surface area contributed by atoms with Gasteiger partial charge in [0.05, 0.1) is 12.1 Å². The van der Waals surface area contributed by atoms with E-state index < -0.39 is 5.82 Å². The number of rotatable bonds is 5. The van der Waals surface area contributed by atoms with Crippen molar-refractivity contribution in [2.24, 2.45) is 0 Å². The maximum Gasteiger partial charge on any atom is 0.230 e. The molecule has 2 aromatic carbocycles. The summed E-state index contributed by atoms with van der Waals surface area (Å²) in [6.45, 7) is 1.45. The predicted octanol–water partition coefficient (Wildman–Crippen LogP) is 4.09. The SMILES string of the molecule is CC(=O)Nc1ccc(-c2nc(CC(=O)Nc3cccc(F)c3)cs2)cc1. The Morgan fingerprint density at radius 1 is 1.08 bits per heavy atom. The first-order chi connectivity index (χ1) is 12.5. The van der Waals surface area contributed by atoms with Crippen molar-refractivity contribution < 1.29 is 14.0 Å². The Morgan fingerprint density at radius 2 is 1.85 bits per heavy atom. The molecule has 0 aliphatic rings. The van der Waals surface area contributed by atoms with E-state index in [1.807, 2.05) is 17.5 Å². The van der Waals surface area contributed by atoms with Crippen LogP contribution in [0, 0.1) is 5.82 Å². The molecule has 3 rings (SSSR count). The molecule has 26 heavy (non-hydrogen) atoms. The van der Waals surface area contributed by atoms with Gasteiger partial charge in [0.25, 0.3) is 0 Å². The molecule has 0 aliphatic heterocycles. The molecule has 2 N–H and O–H groups in total.